The van der Waals surface area contributed by atoms with Gasteiger partial charge in [0.25, 0.3) is 17.4 Å². The van der Waals surface area contributed by atoms with Gasteiger partial charge in [0.05, 0.1) is 16.5 Å². The summed E-state index contributed by atoms with van der Waals surface area (Å²) in [5.74, 6) is -2.00. The summed E-state index contributed by atoms with van der Waals surface area (Å²) in [6.45, 7) is 1.87. The molecule has 1 amide bonds. The topological polar surface area (TPSA) is 114 Å². The van der Waals surface area contributed by atoms with Crippen molar-refractivity contribution in [1.29, 1.82) is 0 Å². The van der Waals surface area contributed by atoms with Crippen molar-refractivity contribution in [2.45, 2.75) is 13.0 Å². The van der Waals surface area contributed by atoms with Gasteiger partial charge in [0.15, 0.2) is 0 Å². The van der Waals surface area contributed by atoms with Gasteiger partial charge in [0.1, 0.15) is 5.76 Å². The molecule has 2 heterocycles. The number of pyridine rings is 1. The Bertz CT molecular complexity index is 1220. The van der Waals surface area contributed by atoms with Crippen molar-refractivity contribution >= 4 is 28.8 Å². The highest BCUT2D eigenvalue weighted by Crippen LogP contribution is 2.42. The van der Waals surface area contributed by atoms with E-state index in [0.717, 1.165) is 5.56 Å². The molecule has 1 unspecified atom stereocenters. The number of aryl methyl sites for hydroxylation is 1. The van der Waals surface area contributed by atoms with Crippen molar-refractivity contribution in [3.63, 3.8) is 0 Å². The molecule has 1 atom stereocenters. The number of non-ortho nitro benzene ring substituents is 1. The second kappa shape index (κ2) is 7.83. The summed E-state index contributed by atoms with van der Waals surface area (Å²) in [4.78, 5) is 41.7. The number of hydrogen-bond donors (Lipinski definition) is 1. The van der Waals surface area contributed by atoms with Crippen LogP contribution in [0.3, 0.4) is 0 Å². The molecular weight excluding hydrogens is 398 g/mol. The molecule has 1 saturated heterocycles. The van der Waals surface area contributed by atoms with Gasteiger partial charge in [0.2, 0.25) is 0 Å². The zero-order valence-electron chi connectivity index (χ0n) is 16.4. The number of nitrogens with zero attached hydrogens (tertiary/aromatic N) is 3. The third kappa shape index (κ3) is 3.55. The molecule has 0 spiro atoms. The van der Waals surface area contributed by atoms with Crippen LogP contribution in [0.25, 0.3) is 5.76 Å². The minimum atomic E-state index is -0.875. The van der Waals surface area contributed by atoms with E-state index in [9.17, 15) is 24.8 Å². The van der Waals surface area contributed by atoms with Crippen LogP contribution in [0.2, 0.25) is 0 Å². The molecule has 154 valence electrons. The lowest BCUT2D eigenvalue weighted by Crippen LogP contribution is -2.29. The summed E-state index contributed by atoms with van der Waals surface area (Å²) in [6, 6.07) is 14.8. The maximum Gasteiger partial charge on any atom is 0.300 e. The molecule has 0 saturated carbocycles. The van der Waals surface area contributed by atoms with E-state index in [-0.39, 0.29) is 16.8 Å². The third-order valence-electron chi connectivity index (χ3n) is 5.10. The lowest BCUT2D eigenvalue weighted by molar-refractivity contribution is -0.384. The van der Waals surface area contributed by atoms with Crippen molar-refractivity contribution in [3.05, 3.63) is 105 Å². The molecule has 1 aliphatic heterocycles. The van der Waals surface area contributed by atoms with Gasteiger partial charge in [0, 0.05) is 35.8 Å². The molecular formula is C23H17N3O5. The van der Waals surface area contributed by atoms with Crippen LogP contribution in [0.5, 0.6) is 0 Å². The number of carbonyl (C=O) groups excluding carboxylic acids is 2. The number of benzene rings is 2. The van der Waals surface area contributed by atoms with Crippen molar-refractivity contribution < 1.29 is 19.6 Å². The number of rotatable bonds is 4. The highest BCUT2D eigenvalue weighted by atomic mass is 16.6. The zero-order valence-corrected chi connectivity index (χ0v) is 16.4. The molecule has 31 heavy (non-hydrogen) atoms. The van der Waals surface area contributed by atoms with E-state index in [2.05, 4.69) is 4.98 Å². The first-order chi connectivity index (χ1) is 14.9. The average molecular weight is 415 g/mol. The number of aromatic nitrogens is 1. The van der Waals surface area contributed by atoms with Gasteiger partial charge in [-0.2, -0.15) is 0 Å². The highest BCUT2D eigenvalue weighted by Gasteiger charge is 2.47. The number of nitro benzene ring substituents is 1. The summed E-state index contributed by atoms with van der Waals surface area (Å²) in [6.07, 6.45) is 3.08. The number of aliphatic hydroxyl groups excluding tert-OH is 1. The first-order valence-corrected chi connectivity index (χ1v) is 9.41. The molecule has 4 rings (SSSR count). The van der Waals surface area contributed by atoms with Crippen LogP contribution in [0.4, 0.5) is 11.4 Å². The van der Waals surface area contributed by atoms with E-state index in [1.807, 2.05) is 13.0 Å². The number of aliphatic hydroxyl groups is 1. The molecule has 0 bridgehead atoms. The number of nitro groups is 1. The van der Waals surface area contributed by atoms with Gasteiger partial charge in [-0.05, 0) is 54.4 Å². The van der Waals surface area contributed by atoms with Crippen molar-refractivity contribution in [3.8, 4) is 0 Å². The number of anilines is 1. The van der Waals surface area contributed by atoms with Crippen LogP contribution in [0, 0.1) is 17.0 Å². The van der Waals surface area contributed by atoms with Crippen LogP contribution in [-0.4, -0.2) is 26.7 Å². The zero-order chi connectivity index (χ0) is 22.1. The molecule has 1 fully saturated rings. The Balaban J connectivity index is 1.91. The van der Waals surface area contributed by atoms with E-state index in [0.29, 0.717) is 11.3 Å². The van der Waals surface area contributed by atoms with Gasteiger partial charge >= 0.3 is 0 Å². The molecule has 3 aromatic rings. The van der Waals surface area contributed by atoms with Crippen LogP contribution in [0.1, 0.15) is 22.7 Å². The molecule has 0 aliphatic carbocycles. The van der Waals surface area contributed by atoms with Crippen molar-refractivity contribution in [2.75, 3.05) is 4.90 Å². The monoisotopic (exact) mass is 415 g/mol. The van der Waals surface area contributed by atoms with Crippen LogP contribution in [0.15, 0.2) is 78.6 Å². The van der Waals surface area contributed by atoms with Gasteiger partial charge in [-0.1, -0.05) is 12.1 Å². The van der Waals surface area contributed by atoms with Crippen LogP contribution in [-0.2, 0) is 9.59 Å². The largest absolute Gasteiger partial charge is 0.507 e. The Morgan fingerprint density at radius 2 is 1.74 bits per heavy atom. The van der Waals surface area contributed by atoms with Crippen molar-refractivity contribution in [2.24, 2.45) is 0 Å². The number of Topliss-reactive ketones (excluding diaryl/α,β-unsaturated/α-hetero) is 1. The summed E-state index contributed by atoms with van der Waals surface area (Å²) in [7, 11) is 0. The van der Waals surface area contributed by atoms with Gasteiger partial charge in [-0.3, -0.25) is 29.6 Å². The molecule has 1 aromatic heterocycles. The number of hydrogen-bond acceptors (Lipinski definition) is 6. The second-order valence-corrected chi connectivity index (χ2v) is 7.09. The third-order valence-corrected chi connectivity index (χ3v) is 5.10. The van der Waals surface area contributed by atoms with E-state index in [1.54, 1.807) is 30.3 Å². The first kappa shape index (κ1) is 20.0. The Morgan fingerprint density at radius 1 is 1.06 bits per heavy atom. The molecule has 0 radical (unpaired) electrons. The standard InChI is InChI=1S/C23H17N3O5/c1-14-3-2-4-18(13-14)25-20(15-9-11-24-12-10-15)19(22(28)23(25)29)21(27)16-5-7-17(8-6-16)26(30)31/h2-13,20,27H,1H3/b21-19-. The molecule has 2 aromatic carbocycles. The lowest BCUT2D eigenvalue weighted by atomic mass is 9.95. The average Bonchev–Trinajstić information content (AvgIpc) is 3.04. The maximum atomic E-state index is 13.0. The normalized spacial score (nSPS) is 17.7. The number of ketones is 1. The predicted octanol–water partition coefficient (Wildman–Crippen LogP) is 3.92. The molecule has 1 aliphatic rings. The molecule has 8 heteroatoms. The Hall–Kier alpha value is -4.33. The lowest BCUT2D eigenvalue weighted by Gasteiger charge is -2.25. The van der Waals surface area contributed by atoms with Gasteiger partial charge in [-0.25, -0.2) is 0 Å². The fraction of sp³-hybridized carbons (Fsp3) is 0.0870. The fourth-order valence-electron chi connectivity index (χ4n) is 3.63. The number of amides is 1. The Kier molecular flexibility index (Phi) is 5.04. The van der Waals surface area contributed by atoms with E-state index >= 15 is 0 Å². The number of carbonyl (C=O) groups is 2. The summed E-state index contributed by atoms with van der Waals surface area (Å²) in [5.41, 5.74) is 1.98. The van der Waals surface area contributed by atoms with Crippen LogP contribution >= 0.6 is 0 Å². The molecule has 1 N–H and O–H groups in total. The summed E-state index contributed by atoms with van der Waals surface area (Å²) in [5, 5.41) is 21.9. The van der Waals surface area contributed by atoms with E-state index < -0.39 is 28.4 Å². The predicted molar refractivity (Wildman–Crippen MR) is 113 cm³/mol. The maximum absolute atomic E-state index is 13.0. The Labute approximate surface area is 177 Å². The second-order valence-electron chi connectivity index (χ2n) is 7.09. The SMILES string of the molecule is Cc1cccc(N2C(=O)C(=O)/C(=C(\O)c3ccc([N+](=O)[O-])cc3)C2c2ccncc2)c1. The van der Waals surface area contributed by atoms with E-state index in [4.69, 9.17) is 0 Å². The highest BCUT2D eigenvalue weighted by molar-refractivity contribution is 6.51. The quantitative estimate of drug-likeness (QED) is 0.227. The smallest absolute Gasteiger partial charge is 0.300 e. The Morgan fingerprint density at radius 3 is 2.35 bits per heavy atom. The molecule has 8 nitrogen and oxygen atoms in total. The fourth-order valence-corrected chi connectivity index (χ4v) is 3.63. The minimum Gasteiger partial charge on any atom is -0.507 e. The van der Waals surface area contributed by atoms with Gasteiger partial charge < -0.3 is 5.11 Å². The summed E-state index contributed by atoms with van der Waals surface area (Å²) < 4.78 is 0. The van der Waals surface area contributed by atoms with Gasteiger partial charge in [-0.15, -0.1) is 0 Å². The van der Waals surface area contributed by atoms with Crippen molar-refractivity contribution in [1.82, 2.24) is 4.98 Å². The summed E-state index contributed by atoms with van der Waals surface area (Å²) >= 11 is 0. The minimum absolute atomic E-state index is 0.0911. The van der Waals surface area contributed by atoms with E-state index in [1.165, 1.54) is 41.6 Å². The van der Waals surface area contributed by atoms with Crippen LogP contribution < -0.4 is 4.90 Å². The first-order valence-electron chi connectivity index (χ1n) is 9.41.